The minimum Gasteiger partial charge on any atom is -0.324 e. The van der Waals surface area contributed by atoms with Gasteiger partial charge in [0.1, 0.15) is 0 Å². The molecule has 0 amide bonds. The zero-order chi connectivity index (χ0) is 11.5. The minimum absolute atomic E-state index is 0.0253. The number of benzene rings is 1. The number of halogens is 1. The van der Waals surface area contributed by atoms with Crippen LogP contribution in [0, 0.1) is 0 Å². The van der Waals surface area contributed by atoms with Gasteiger partial charge in [0.25, 0.3) is 0 Å². The molecule has 3 nitrogen and oxygen atoms in total. The molecule has 1 atom stereocenters. The summed E-state index contributed by atoms with van der Waals surface area (Å²) in [6, 6.07) is 8.14. The largest absolute Gasteiger partial charge is 0.324 e. The van der Waals surface area contributed by atoms with Gasteiger partial charge in [0.05, 0.1) is 6.20 Å². The lowest BCUT2D eigenvalue weighted by molar-refractivity contribution is 0.719. The first-order valence-electron chi connectivity index (χ1n) is 5.14. The SMILES string of the molecule is Cn1cc(CC(N)c2ccc(Br)cc2)cn1. The summed E-state index contributed by atoms with van der Waals surface area (Å²) in [5, 5.41) is 4.13. The van der Waals surface area contributed by atoms with Crippen LogP contribution in [0.1, 0.15) is 17.2 Å². The standard InChI is InChI=1S/C12H14BrN3/c1-16-8-9(7-15-16)6-12(14)10-2-4-11(13)5-3-10/h2-5,7-8,12H,6,14H2,1H3. The number of hydrogen-bond donors (Lipinski definition) is 1. The second-order valence-corrected chi connectivity index (χ2v) is 4.80. The molecule has 0 bridgehead atoms. The Morgan fingerprint density at radius 3 is 2.62 bits per heavy atom. The molecule has 4 heteroatoms. The molecule has 1 heterocycles. The smallest absolute Gasteiger partial charge is 0.0522 e. The number of rotatable bonds is 3. The van der Waals surface area contributed by atoms with Crippen molar-refractivity contribution in [2.45, 2.75) is 12.5 Å². The van der Waals surface area contributed by atoms with E-state index in [4.69, 9.17) is 5.73 Å². The lowest BCUT2D eigenvalue weighted by Crippen LogP contribution is -2.12. The Hall–Kier alpha value is -1.13. The lowest BCUT2D eigenvalue weighted by atomic mass is 10.0. The van der Waals surface area contributed by atoms with Gasteiger partial charge in [-0.3, -0.25) is 4.68 Å². The molecule has 1 unspecified atom stereocenters. The first-order chi connectivity index (χ1) is 7.65. The Morgan fingerprint density at radius 2 is 2.06 bits per heavy atom. The molecule has 0 aliphatic rings. The molecular formula is C12H14BrN3. The Kier molecular flexibility index (Phi) is 3.41. The van der Waals surface area contributed by atoms with Crippen LogP contribution < -0.4 is 5.73 Å². The van der Waals surface area contributed by atoms with Crippen LogP contribution in [0.4, 0.5) is 0 Å². The summed E-state index contributed by atoms with van der Waals surface area (Å²) >= 11 is 3.41. The fourth-order valence-electron chi connectivity index (χ4n) is 1.66. The summed E-state index contributed by atoms with van der Waals surface area (Å²) < 4.78 is 2.87. The molecule has 0 aliphatic heterocycles. The third-order valence-corrected chi connectivity index (χ3v) is 3.04. The highest BCUT2D eigenvalue weighted by molar-refractivity contribution is 9.10. The Morgan fingerprint density at radius 1 is 1.38 bits per heavy atom. The first kappa shape index (κ1) is 11.4. The van der Waals surface area contributed by atoms with Crippen molar-refractivity contribution < 1.29 is 0 Å². The van der Waals surface area contributed by atoms with E-state index in [0.717, 1.165) is 22.0 Å². The molecule has 16 heavy (non-hydrogen) atoms. The average Bonchev–Trinajstić information content (AvgIpc) is 2.65. The topological polar surface area (TPSA) is 43.8 Å². The quantitative estimate of drug-likeness (QED) is 0.938. The predicted molar refractivity (Wildman–Crippen MR) is 68.0 cm³/mol. The maximum absolute atomic E-state index is 6.13. The first-order valence-corrected chi connectivity index (χ1v) is 5.93. The van der Waals surface area contributed by atoms with Crippen LogP contribution in [0.15, 0.2) is 41.1 Å². The van der Waals surface area contributed by atoms with Gasteiger partial charge in [0, 0.05) is 23.8 Å². The van der Waals surface area contributed by atoms with Crippen molar-refractivity contribution in [2.24, 2.45) is 12.8 Å². The van der Waals surface area contributed by atoms with E-state index in [-0.39, 0.29) is 6.04 Å². The molecule has 1 aromatic heterocycles. The van der Waals surface area contributed by atoms with Crippen molar-refractivity contribution in [3.05, 3.63) is 52.3 Å². The van der Waals surface area contributed by atoms with E-state index in [1.807, 2.05) is 43.7 Å². The Bertz CT molecular complexity index is 461. The molecule has 0 aliphatic carbocycles. The highest BCUT2D eigenvalue weighted by atomic mass is 79.9. The lowest BCUT2D eigenvalue weighted by Gasteiger charge is -2.10. The van der Waals surface area contributed by atoms with Gasteiger partial charge in [-0.2, -0.15) is 5.10 Å². The van der Waals surface area contributed by atoms with Crippen molar-refractivity contribution in [1.29, 1.82) is 0 Å². The number of aryl methyl sites for hydroxylation is 1. The second kappa shape index (κ2) is 4.80. The Balaban J connectivity index is 2.08. The second-order valence-electron chi connectivity index (χ2n) is 3.88. The van der Waals surface area contributed by atoms with E-state index in [1.54, 1.807) is 4.68 Å². The molecule has 0 spiro atoms. The maximum atomic E-state index is 6.13. The summed E-state index contributed by atoms with van der Waals surface area (Å²) in [6.45, 7) is 0. The van der Waals surface area contributed by atoms with E-state index in [2.05, 4.69) is 21.0 Å². The van der Waals surface area contributed by atoms with Gasteiger partial charge in [-0.1, -0.05) is 28.1 Å². The van der Waals surface area contributed by atoms with Gasteiger partial charge in [-0.15, -0.1) is 0 Å². The van der Waals surface area contributed by atoms with Gasteiger partial charge in [-0.25, -0.2) is 0 Å². The summed E-state index contributed by atoms with van der Waals surface area (Å²) in [5.41, 5.74) is 8.44. The van der Waals surface area contributed by atoms with Crippen molar-refractivity contribution in [3.8, 4) is 0 Å². The van der Waals surface area contributed by atoms with Crippen LogP contribution >= 0.6 is 15.9 Å². The monoisotopic (exact) mass is 279 g/mol. The predicted octanol–water partition coefficient (Wildman–Crippen LogP) is 2.43. The van der Waals surface area contributed by atoms with E-state index < -0.39 is 0 Å². The summed E-state index contributed by atoms with van der Waals surface area (Å²) in [6.07, 6.45) is 4.67. The van der Waals surface area contributed by atoms with Crippen molar-refractivity contribution in [1.82, 2.24) is 9.78 Å². The van der Waals surface area contributed by atoms with Crippen LogP contribution in [0.5, 0.6) is 0 Å². The van der Waals surface area contributed by atoms with Crippen LogP contribution in [0.3, 0.4) is 0 Å². The molecule has 2 aromatic rings. The minimum atomic E-state index is 0.0253. The number of hydrogen-bond acceptors (Lipinski definition) is 2. The summed E-state index contributed by atoms with van der Waals surface area (Å²) in [5.74, 6) is 0. The third kappa shape index (κ3) is 2.71. The molecule has 0 fully saturated rings. The number of nitrogens with zero attached hydrogens (tertiary/aromatic N) is 2. The number of aromatic nitrogens is 2. The fraction of sp³-hybridized carbons (Fsp3) is 0.250. The third-order valence-electron chi connectivity index (χ3n) is 2.51. The van der Waals surface area contributed by atoms with Gasteiger partial charge < -0.3 is 5.73 Å². The maximum Gasteiger partial charge on any atom is 0.0522 e. The molecule has 0 saturated carbocycles. The van der Waals surface area contributed by atoms with E-state index in [0.29, 0.717) is 0 Å². The van der Waals surface area contributed by atoms with Gasteiger partial charge >= 0.3 is 0 Å². The number of nitrogens with two attached hydrogens (primary N) is 1. The van der Waals surface area contributed by atoms with Gasteiger partial charge in [0.15, 0.2) is 0 Å². The van der Waals surface area contributed by atoms with Crippen LogP contribution in [0.25, 0.3) is 0 Å². The molecule has 2 rings (SSSR count). The zero-order valence-corrected chi connectivity index (χ0v) is 10.7. The van der Waals surface area contributed by atoms with Gasteiger partial charge in [-0.05, 0) is 29.7 Å². The molecule has 2 N–H and O–H groups in total. The van der Waals surface area contributed by atoms with E-state index in [1.165, 1.54) is 0 Å². The molecule has 0 radical (unpaired) electrons. The molecule has 84 valence electrons. The molecular weight excluding hydrogens is 266 g/mol. The highest BCUT2D eigenvalue weighted by Gasteiger charge is 2.07. The van der Waals surface area contributed by atoms with Crippen LogP contribution in [-0.4, -0.2) is 9.78 Å². The van der Waals surface area contributed by atoms with Crippen LogP contribution in [-0.2, 0) is 13.5 Å². The molecule has 0 saturated heterocycles. The Labute approximate surface area is 103 Å². The van der Waals surface area contributed by atoms with Gasteiger partial charge in [0.2, 0.25) is 0 Å². The zero-order valence-electron chi connectivity index (χ0n) is 9.10. The normalized spacial score (nSPS) is 12.7. The van der Waals surface area contributed by atoms with Crippen LogP contribution in [0.2, 0.25) is 0 Å². The van der Waals surface area contributed by atoms with E-state index >= 15 is 0 Å². The van der Waals surface area contributed by atoms with Crippen molar-refractivity contribution in [3.63, 3.8) is 0 Å². The highest BCUT2D eigenvalue weighted by Crippen LogP contribution is 2.18. The fourth-order valence-corrected chi connectivity index (χ4v) is 1.92. The van der Waals surface area contributed by atoms with E-state index in [9.17, 15) is 0 Å². The van der Waals surface area contributed by atoms with Crippen molar-refractivity contribution in [2.75, 3.05) is 0 Å². The average molecular weight is 280 g/mol. The van der Waals surface area contributed by atoms with Crippen molar-refractivity contribution >= 4 is 15.9 Å². The summed E-state index contributed by atoms with van der Waals surface area (Å²) in [7, 11) is 1.91. The summed E-state index contributed by atoms with van der Waals surface area (Å²) in [4.78, 5) is 0. The molecule has 1 aromatic carbocycles.